The fraction of sp³-hybridized carbons (Fsp3) is 0.100. The maximum atomic E-state index is 12.0. The lowest BCUT2D eigenvalue weighted by Crippen LogP contribution is -2.13. The molecule has 0 spiro atoms. The molecule has 20 heavy (non-hydrogen) atoms. The zero-order valence-corrected chi connectivity index (χ0v) is 11.5. The smallest absolute Gasteiger partial charge is 0.325 e. The maximum absolute atomic E-state index is 12.0. The fourth-order valence-electron chi connectivity index (χ4n) is 1.39. The fourth-order valence-corrected chi connectivity index (χ4v) is 2.56. The number of pyridine rings is 1. The first kappa shape index (κ1) is 14.3. The number of carbonyl (C=O) groups is 1. The molecule has 0 aliphatic rings. The van der Waals surface area contributed by atoms with Crippen LogP contribution in [0.4, 0.5) is 5.69 Å². The van der Waals surface area contributed by atoms with Crippen LogP contribution in [0.2, 0.25) is 5.15 Å². The predicted molar refractivity (Wildman–Crippen MR) is 69.9 cm³/mol. The van der Waals surface area contributed by atoms with E-state index in [2.05, 4.69) is 14.8 Å². The van der Waals surface area contributed by atoms with Gasteiger partial charge in [-0.15, -0.1) is 0 Å². The number of carboxylic acids is 1. The molecule has 8 nitrogen and oxygen atoms in total. The van der Waals surface area contributed by atoms with Gasteiger partial charge in [-0.1, -0.05) is 11.6 Å². The zero-order chi connectivity index (χ0) is 14.8. The molecule has 0 aliphatic heterocycles. The summed E-state index contributed by atoms with van der Waals surface area (Å²) in [6.45, 7) is -0.420. The van der Waals surface area contributed by atoms with Crippen molar-refractivity contribution in [2.24, 2.45) is 0 Å². The molecule has 2 heterocycles. The summed E-state index contributed by atoms with van der Waals surface area (Å²) in [5.74, 6) is -1.12. The lowest BCUT2D eigenvalue weighted by atomic mass is 10.4. The number of sulfonamides is 1. The molecule has 0 aromatic carbocycles. The summed E-state index contributed by atoms with van der Waals surface area (Å²) < 4.78 is 27.4. The van der Waals surface area contributed by atoms with Crippen LogP contribution in [0.3, 0.4) is 0 Å². The molecular weight excluding hydrogens is 308 g/mol. The van der Waals surface area contributed by atoms with Gasteiger partial charge in [-0.05, 0) is 12.1 Å². The van der Waals surface area contributed by atoms with E-state index in [1.165, 1.54) is 18.3 Å². The van der Waals surface area contributed by atoms with Gasteiger partial charge in [0.25, 0.3) is 10.0 Å². The van der Waals surface area contributed by atoms with Crippen LogP contribution in [0.25, 0.3) is 0 Å². The lowest BCUT2D eigenvalue weighted by Gasteiger charge is -2.05. The number of halogens is 1. The molecule has 2 aromatic rings. The second-order valence-electron chi connectivity index (χ2n) is 3.74. The molecule has 10 heteroatoms. The second kappa shape index (κ2) is 5.47. The standard InChI is InChI=1S/C10H9ClN4O4S/c11-9-3-7(1-2-12-9)14-20(18,19)8-4-13-15(5-8)6-10(16)17/h1-5H,6H2,(H,12,14)(H,16,17). The normalized spacial score (nSPS) is 11.2. The van der Waals surface area contributed by atoms with Crippen LogP contribution in [0.15, 0.2) is 35.6 Å². The van der Waals surface area contributed by atoms with Crippen LogP contribution in [-0.4, -0.2) is 34.3 Å². The molecule has 0 amide bonds. The summed E-state index contributed by atoms with van der Waals surface area (Å²) >= 11 is 5.65. The van der Waals surface area contributed by atoms with E-state index in [0.29, 0.717) is 0 Å². The molecule has 0 atom stereocenters. The van der Waals surface area contributed by atoms with Crippen molar-refractivity contribution in [3.8, 4) is 0 Å². The summed E-state index contributed by atoms with van der Waals surface area (Å²) in [5, 5.41) is 12.4. The molecule has 0 fully saturated rings. The summed E-state index contributed by atoms with van der Waals surface area (Å²) in [6, 6.07) is 2.78. The Hall–Kier alpha value is -2.13. The van der Waals surface area contributed by atoms with Crippen LogP contribution in [0, 0.1) is 0 Å². The Morgan fingerprint density at radius 3 is 2.90 bits per heavy atom. The number of anilines is 1. The van der Waals surface area contributed by atoms with Gasteiger partial charge < -0.3 is 5.11 Å². The minimum atomic E-state index is -3.86. The van der Waals surface area contributed by atoms with Crippen molar-refractivity contribution in [3.63, 3.8) is 0 Å². The third-order valence-electron chi connectivity index (χ3n) is 2.20. The number of carboxylic acid groups (broad SMARTS) is 1. The monoisotopic (exact) mass is 316 g/mol. The van der Waals surface area contributed by atoms with Gasteiger partial charge in [-0.3, -0.25) is 14.2 Å². The van der Waals surface area contributed by atoms with Crippen molar-refractivity contribution in [3.05, 3.63) is 35.9 Å². The number of rotatable bonds is 5. The van der Waals surface area contributed by atoms with Gasteiger partial charge in [-0.2, -0.15) is 5.10 Å². The molecule has 106 valence electrons. The zero-order valence-electron chi connectivity index (χ0n) is 9.89. The largest absolute Gasteiger partial charge is 0.480 e. The topological polar surface area (TPSA) is 114 Å². The predicted octanol–water partition coefficient (Wildman–Crippen LogP) is 0.817. The molecule has 0 saturated carbocycles. The van der Waals surface area contributed by atoms with Crippen molar-refractivity contribution >= 4 is 33.3 Å². The van der Waals surface area contributed by atoms with E-state index in [0.717, 1.165) is 17.1 Å². The van der Waals surface area contributed by atoms with Gasteiger partial charge in [0.15, 0.2) is 0 Å². The highest BCUT2D eigenvalue weighted by Crippen LogP contribution is 2.17. The number of aromatic nitrogens is 3. The number of hydrogen-bond acceptors (Lipinski definition) is 5. The molecular formula is C10H9ClN4O4S. The summed E-state index contributed by atoms with van der Waals surface area (Å²) in [5.41, 5.74) is 0.246. The number of hydrogen-bond donors (Lipinski definition) is 2. The van der Waals surface area contributed by atoms with Crippen LogP contribution >= 0.6 is 11.6 Å². The van der Waals surface area contributed by atoms with Gasteiger partial charge in [-0.25, -0.2) is 13.4 Å². The van der Waals surface area contributed by atoms with Crippen LogP contribution in [0.5, 0.6) is 0 Å². The van der Waals surface area contributed by atoms with Crippen molar-refractivity contribution in [1.82, 2.24) is 14.8 Å². The Labute approximate surface area is 119 Å². The number of aliphatic carboxylic acids is 1. The Balaban J connectivity index is 2.22. The van der Waals surface area contributed by atoms with Crippen molar-refractivity contribution in [2.75, 3.05) is 4.72 Å². The van der Waals surface area contributed by atoms with Gasteiger partial charge in [0.05, 0.1) is 11.9 Å². The van der Waals surface area contributed by atoms with E-state index in [9.17, 15) is 13.2 Å². The second-order valence-corrected chi connectivity index (χ2v) is 5.81. The van der Waals surface area contributed by atoms with Gasteiger partial charge in [0, 0.05) is 12.4 Å². The molecule has 0 saturated heterocycles. The van der Waals surface area contributed by atoms with E-state index in [1.807, 2.05) is 0 Å². The van der Waals surface area contributed by atoms with Crippen molar-refractivity contribution in [1.29, 1.82) is 0 Å². The average molecular weight is 317 g/mol. The molecule has 2 N–H and O–H groups in total. The maximum Gasteiger partial charge on any atom is 0.325 e. The van der Waals surface area contributed by atoms with Crippen molar-refractivity contribution in [2.45, 2.75) is 11.4 Å². The Bertz CT molecular complexity index is 743. The third kappa shape index (κ3) is 3.45. The quantitative estimate of drug-likeness (QED) is 0.789. The van der Waals surface area contributed by atoms with E-state index < -0.39 is 22.5 Å². The number of nitrogens with zero attached hydrogens (tertiary/aromatic N) is 3. The van der Waals surface area contributed by atoms with E-state index >= 15 is 0 Å². The summed E-state index contributed by atoms with van der Waals surface area (Å²) in [6.07, 6.45) is 3.54. The number of nitrogens with one attached hydrogen (secondary N) is 1. The van der Waals surface area contributed by atoms with E-state index in [-0.39, 0.29) is 15.7 Å². The van der Waals surface area contributed by atoms with Crippen LogP contribution in [0.1, 0.15) is 0 Å². The minimum absolute atomic E-state index is 0.145. The molecule has 2 rings (SSSR count). The van der Waals surface area contributed by atoms with Gasteiger partial charge in [0.1, 0.15) is 16.6 Å². The van der Waals surface area contributed by atoms with E-state index in [1.54, 1.807) is 0 Å². The van der Waals surface area contributed by atoms with Crippen molar-refractivity contribution < 1.29 is 18.3 Å². The summed E-state index contributed by atoms with van der Waals surface area (Å²) in [4.78, 5) is 14.1. The van der Waals surface area contributed by atoms with Crippen LogP contribution < -0.4 is 4.72 Å². The highest BCUT2D eigenvalue weighted by molar-refractivity contribution is 7.92. The summed E-state index contributed by atoms with van der Waals surface area (Å²) in [7, 11) is -3.86. The molecule has 0 aliphatic carbocycles. The molecule has 0 unspecified atom stereocenters. The molecule has 0 bridgehead atoms. The average Bonchev–Trinajstić information content (AvgIpc) is 2.76. The molecule has 2 aromatic heterocycles. The van der Waals surface area contributed by atoms with Gasteiger partial charge in [0.2, 0.25) is 0 Å². The first-order valence-electron chi connectivity index (χ1n) is 5.25. The van der Waals surface area contributed by atoms with Gasteiger partial charge >= 0.3 is 5.97 Å². The first-order valence-corrected chi connectivity index (χ1v) is 7.11. The Kier molecular flexibility index (Phi) is 3.91. The van der Waals surface area contributed by atoms with E-state index in [4.69, 9.17) is 16.7 Å². The highest BCUT2D eigenvalue weighted by Gasteiger charge is 2.17. The Morgan fingerprint density at radius 2 is 2.25 bits per heavy atom. The molecule has 0 radical (unpaired) electrons. The third-order valence-corrected chi connectivity index (χ3v) is 3.74. The minimum Gasteiger partial charge on any atom is -0.480 e. The highest BCUT2D eigenvalue weighted by atomic mass is 35.5. The Morgan fingerprint density at radius 1 is 1.50 bits per heavy atom. The SMILES string of the molecule is O=C(O)Cn1cc(S(=O)(=O)Nc2ccnc(Cl)c2)cn1. The lowest BCUT2D eigenvalue weighted by molar-refractivity contribution is -0.137. The van der Waals surface area contributed by atoms with Crippen LogP contribution in [-0.2, 0) is 21.4 Å². The first-order chi connectivity index (χ1) is 9.37.